The summed E-state index contributed by atoms with van der Waals surface area (Å²) in [6, 6.07) is 0. The van der Waals surface area contributed by atoms with E-state index < -0.39 is 12.1 Å². The van der Waals surface area contributed by atoms with Gasteiger partial charge in [-0.2, -0.15) is 18.3 Å². The Labute approximate surface area is 153 Å². The van der Waals surface area contributed by atoms with E-state index in [1.54, 1.807) is 0 Å². The number of carboxylic acid groups (broad SMARTS) is 1. The molecule has 2 N–H and O–H groups in total. The van der Waals surface area contributed by atoms with E-state index in [2.05, 4.69) is 20.7 Å². The first-order chi connectivity index (χ1) is 12.7. The van der Waals surface area contributed by atoms with Crippen molar-refractivity contribution in [2.75, 3.05) is 13.2 Å². The maximum Gasteiger partial charge on any atom is 0.490 e. The Kier molecular flexibility index (Phi) is 6.91. The van der Waals surface area contributed by atoms with Gasteiger partial charge in [0.2, 0.25) is 0 Å². The lowest BCUT2D eigenvalue weighted by atomic mass is 10.1. The number of aryl methyl sites for hydroxylation is 2. The van der Waals surface area contributed by atoms with Crippen molar-refractivity contribution in [3.05, 3.63) is 29.3 Å². The Hall–Kier alpha value is -2.47. The van der Waals surface area contributed by atoms with E-state index in [4.69, 9.17) is 14.6 Å². The van der Waals surface area contributed by atoms with Crippen LogP contribution >= 0.6 is 0 Å². The van der Waals surface area contributed by atoms with Gasteiger partial charge in [0.1, 0.15) is 0 Å². The minimum absolute atomic E-state index is 0.411. The molecule has 1 atom stereocenters. The van der Waals surface area contributed by atoms with Crippen LogP contribution in [-0.4, -0.2) is 55.2 Å². The number of hydrogen-bond donors (Lipinski definition) is 2. The van der Waals surface area contributed by atoms with Crippen LogP contribution in [0.3, 0.4) is 0 Å². The highest BCUT2D eigenvalue weighted by Gasteiger charge is 2.38. The van der Waals surface area contributed by atoms with Crippen LogP contribution < -0.4 is 5.32 Å². The number of rotatable bonds is 4. The number of nitrogens with zero attached hydrogens (tertiary/aromatic N) is 5. The molecule has 0 bridgehead atoms. The Bertz CT molecular complexity index is 758. The quantitative estimate of drug-likeness (QED) is 0.798. The topological polar surface area (TPSA) is 107 Å². The second-order valence-electron chi connectivity index (χ2n) is 6.14. The Morgan fingerprint density at radius 2 is 2.19 bits per heavy atom. The number of nitrogens with one attached hydrogen (secondary N) is 1. The fourth-order valence-corrected chi connectivity index (χ4v) is 2.47. The molecule has 0 saturated heterocycles. The number of aliphatic carboxylic acids is 1. The van der Waals surface area contributed by atoms with Crippen molar-refractivity contribution in [3.8, 4) is 0 Å². The lowest BCUT2D eigenvalue weighted by Crippen LogP contribution is -2.28. The molecule has 9 nitrogen and oxygen atoms in total. The summed E-state index contributed by atoms with van der Waals surface area (Å²) in [5.41, 5.74) is 3.26. The molecule has 0 fully saturated rings. The van der Waals surface area contributed by atoms with Crippen LogP contribution in [0, 0.1) is 12.8 Å². The molecular formula is C15H21F3N6O3. The number of alkyl halides is 3. The van der Waals surface area contributed by atoms with Gasteiger partial charge in [0.15, 0.2) is 0 Å². The zero-order chi connectivity index (χ0) is 20.0. The molecule has 1 aliphatic heterocycles. The molecule has 1 unspecified atom stereocenters. The molecule has 2 aromatic rings. The Morgan fingerprint density at radius 3 is 2.78 bits per heavy atom. The Morgan fingerprint density at radius 1 is 1.48 bits per heavy atom. The summed E-state index contributed by atoms with van der Waals surface area (Å²) in [4.78, 5) is 8.90. The summed E-state index contributed by atoms with van der Waals surface area (Å²) in [5, 5.41) is 23.0. The van der Waals surface area contributed by atoms with Gasteiger partial charge < -0.3 is 15.2 Å². The molecule has 27 heavy (non-hydrogen) atoms. The van der Waals surface area contributed by atoms with Crippen molar-refractivity contribution in [3.63, 3.8) is 0 Å². The van der Waals surface area contributed by atoms with Crippen LogP contribution in [0.4, 0.5) is 13.2 Å². The van der Waals surface area contributed by atoms with E-state index >= 15 is 0 Å². The third-order valence-corrected chi connectivity index (χ3v) is 3.82. The van der Waals surface area contributed by atoms with Crippen molar-refractivity contribution in [1.29, 1.82) is 0 Å². The molecule has 0 aromatic carbocycles. The number of carbonyl (C=O) groups is 1. The highest BCUT2D eigenvalue weighted by molar-refractivity contribution is 5.73. The smallest absolute Gasteiger partial charge is 0.475 e. The molecule has 0 saturated carbocycles. The zero-order valence-corrected chi connectivity index (χ0v) is 14.9. The highest BCUT2D eigenvalue weighted by Crippen LogP contribution is 2.14. The molecule has 12 heteroatoms. The average molecular weight is 390 g/mol. The predicted molar refractivity (Wildman–Crippen MR) is 86.5 cm³/mol. The molecule has 2 aromatic heterocycles. The van der Waals surface area contributed by atoms with Gasteiger partial charge >= 0.3 is 12.1 Å². The summed E-state index contributed by atoms with van der Waals surface area (Å²) in [5.74, 6) is -2.35. The van der Waals surface area contributed by atoms with Gasteiger partial charge in [-0.25, -0.2) is 9.48 Å². The maximum atomic E-state index is 10.6. The average Bonchev–Trinajstić information content (AvgIpc) is 3.07. The third kappa shape index (κ3) is 6.32. The van der Waals surface area contributed by atoms with Crippen molar-refractivity contribution in [2.24, 2.45) is 13.0 Å². The van der Waals surface area contributed by atoms with Gasteiger partial charge in [-0.3, -0.25) is 4.68 Å². The van der Waals surface area contributed by atoms with Crippen LogP contribution in [0.1, 0.15) is 17.0 Å². The van der Waals surface area contributed by atoms with Gasteiger partial charge in [-0.1, -0.05) is 5.21 Å². The molecule has 3 rings (SSSR count). The SMILES string of the molecule is Cc1nnn2c1COCC(CNCc1cnn(C)c1)C2.O=C(O)C(F)(F)F. The number of aromatic nitrogens is 5. The van der Waals surface area contributed by atoms with E-state index in [0.29, 0.717) is 12.5 Å². The number of hydrogen-bond acceptors (Lipinski definition) is 6. The van der Waals surface area contributed by atoms with E-state index in [0.717, 1.165) is 37.6 Å². The number of fused-ring (bicyclic) bond motifs is 1. The normalized spacial score (nSPS) is 16.9. The minimum Gasteiger partial charge on any atom is -0.475 e. The first kappa shape index (κ1) is 20.8. The first-order valence-corrected chi connectivity index (χ1v) is 8.12. The van der Waals surface area contributed by atoms with Gasteiger partial charge in [0.25, 0.3) is 0 Å². The molecule has 3 heterocycles. The fourth-order valence-electron chi connectivity index (χ4n) is 2.47. The number of halogens is 3. The summed E-state index contributed by atoms with van der Waals surface area (Å²) >= 11 is 0. The molecule has 0 spiro atoms. The number of carboxylic acids is 1. The molecule has 0 aliphatic carbocycles. The zero-order valence-electron chi connectivity index (χ0n) is 14.9. The highest BCUT2D eigenvalue weighted by atomic mass is 19.4. The van der Waals surface area contributed by atoms with Crippen LogP contribution in [0.5, 0.6) is 0 Å². The largest absolute Gasteiger partial charge is 0.490 e. The summed E-state index contributed by atoms with van der Waals surface area (Å²) in [6.45, 7) is 5.92. The molecule has 0 radical (unpaired) electrons. The second kappa shape index (κ2) is 8.95. The van der Waals surface area contributed by atoms with Crippen molar-refractivity contribution >= 4 is 5.97 Å². The molecular weight excluding hydrogens is 369 g/mol. The van der Waals surface area contributed by atoms with E-state index in [1.807, 2.05) is 35.7 Å². The third-order valence-electron chi connectivity index (χ3n) is 3.82. The van der Waals surface area contributed by atoms with Gasteiger partial charge in [0, 0.05) is 44.4 Å². The second-order valence-corrected chi connectivity index (χ2v) is 6.14. The predicted octanol–water partition coefficient (Wildman–Crippen LogP) is 0.890. The van der Waals surface area contributed by atoms with Gasteiger partial charge in [0.05, 0.1) is 30.8 Å². The van der Waals surface area contributed by atoms with Crippen LogP contribution in [0.25, 0.3) is 0 Å². The lowest BCUT2D eigenvalue weighted by molar-refractivity contribution is -0.192. The van der Waals surface area contributed by atoms with Crippen molar-refractivity contribution < 1.29 is 27.8 Å². The molecule has 1 aliphatic rings. The monoisotopic (exact) mass is 390 g/mol. The van der Waals surface area contributed by atoms with Crippen LogP contribution in [-0.2, 0) is 36.3 Å². The van der Waals surface area contributed by atoms with Crippen LogP contribution in [0.2, 0.25) is 0 Å². The first-order valence-electron chi connectivity index (χ1n) is 8.12. The van der Waals surface area contributed by atoms with Crippen molar-refractivity contribution in [2.45, 2.75) is 32.8 Å². The molecule has 150 valence electrons. The van der Waals surface area contributed by atoms with Gasteiger partial charge in [-0.15, -0.1) is 5.10 Å². The van der Waals surface area contributed by atoms with E-state index in [9.17, 15) is 13.2 Å². The fraction of sp³-hybridized carbons (Fsp3) is 0.600. The summed E-state index contributed by atoms with van der Waals surface area (Å²) in [6.07, 6.45) is -1.18. The summed E-state index contributed by atoms with van der Waals surface area (Å²) < 4.78 is 41.2. The maximum absolute atomic E-state index is 10.6. The number of ether oxygens (including phenoxy) is 1. The Balaban J connectivity index is 0.000000321. The van der Waals surface area contributed by atoms with Crippen LogP contribution in [0.15, 0.2) is 12.4 Å². The van der Waals surface area contributed by atoms with Gasteiger partial charge in [-0.05, 0) is 6.92 Å². The lowest BCUT2D eigenvalue weighted by Gasteiger charge is -2.14. The molecule has 0 amide bonds. The summed E-state index contributed by atoms with van der Waals surface area (Å²) in [7, 11) is 1.93. The van der Waals surface area contributed by atoms with E-state index in [-0.39, 0.29) is 0 Å². The minimum atomic E-state index is -5.08. The van der Waals surface area contributed by atoms with E-state index in [1.165, 1.54) is 5.56 Å². The standard InChI is InChI=1S/C13H20N6O.C2HF3O2/c1-10-13-9-20-8-12(7-19(13)17-16-10)4-14-3-11-5-15-18(2)6-11;3-2(4,5)1(6)7/h5-6,12,14H,3-4,7-9H2,1-2H3;(H,6,7). The van der Waals surface area contributed by atoms with Crippen molar-refractivity contribution in [1.82, 2.24) is 30.1 Å².